The minimum absolute atomic E-state index is 0.0606. The Morgan fingerprint density at radius 2 is 1.86 bits per heavy atom. The summed E-state index contributed by atoms with van der Waals surface area (Å²) in [6.45, 7) is 3.12. The fourth-order valence-corrected chi connectivity index (χ4v) is 5.01. The number of carbonyl (C=O) groups is 2. The highest BCUT2D eigenvalue weighted by molar-refractivity contribution is 6.05. The van der Waals surface area contributed by atoms with Gasteiger partial charge < -0.3 is 25.1 Å². The molecule has 0 aliphatic heterocycles. The van der Waals surface area contributed by atoms with E-state index in [1.54, 1.807) is 7.11 Å². The summed E-state index contributed by atoms with van der Waals surface area (Å²) in [6, 6.07) is 13.8. The molecule has 0 radical (unpaired) electrons. The van der Waals surface area contributed by atoms with Crippen molar-refractivity contribution < 1.29 is 19.1 Å². The van der Waals surface area contributed by atoms with E-state index in [-0.39, 0.29) is 12.0 Å². The number of hydrogen-bond donors (Lipinski definition) is 3. The highest BCUT2D eigenvalue weighted by atomic mass is 16.6. The average Bonchev–Trinajstić information content (AvgIpc) is 3.67. The first-order valence-corrected chi connectivity index (χ1v) is 13.2. The van der Waals surface area contributed by atoms with E-state index in [0.717, 1.165) is 54.3 Å². The van der Waals surface area contributed by atoms with E-state index >= 15 is 0 Å². The first-order valence-electron chi connectivity index (χ1n) is 13.2. The smallest absolute Gasteiger partial charge is 0.411 e. The molecule has 2 aliphatic rings. The largest absolute Gasteiger partial charge is 0.446 e. The standard InChI is InChI=1S/C29H36N4O4/c1-18(19-7-8-19)37-29(35)32-22-12-9-20(10-13-22)27-26(30)24-14-11-21(28(34)31-15-4-16-36-2)17-25(24)33(27)23-5-3-6-23/h9-14,17-19,23H,3-8,15-16,30H2,1-2H3,(H,31,34)(H,32,35)/t18-/m1/s1. The monoisotopic (exact) mass is 504 g/mol. The van der Waals surface area contributed by atoms with Crippen LogP contribution in [0.3, 0.4) is 0 Å². The highest BCUT2D eigenvalue weighted by Gasteiger charge is 2.31. The average molecular weight is 505 g/mol. The minimum Gasteiger partial charge on any atom is -0.446 e. The van der Waals surface area contributed by atoms with E-state index in [1.807, 2.05) is 49.4 Å². The van der Waals surface area contributed by atoms with Gasteiger partial charge in [-0.2, -0.15) is 0 Å². The topological polar surface area (TPSA) is 108 Å². The number of fused-ring (bicyclic) bond motifs is 1. The lowest BCUT2D eigenvalue weighted by atomic mass is 9.92. The molecule has 0 spiro atoms. The Morgan fingerprint density at radius 1 is 1.11 bits per heavy atom. The predicted octanol–water partition coefficient (Wildman–Crippen LogP) is 5.73. The van der Waals surface area contributed by atoms with Crippen LogP contribution in [0, 0.1) is 5.92 Å². The first-order chi connectivity index (χ1) is 18.0. The van der Waals surface area contributed by atoms with E-state index in [2.05, 4.69) is 15.2 Å². The third kappa shape index (κ3) is 5.44. The summed E-state index contributed by atoms with van der Waals surface area (Å²) in [4.78, 5) is 25.0. The highest BCUT2D eigenvalue weighted by Crippen LogP contribution is 2.44. The van der Waals surface area contributed by atoms with Gasteiger partial charge in [-0.1, -0.05) is 12.1 Å². The molecular formula is C29H36N4O4. The van der Waals surface area contributed by atoms with Crippen LogP contribution in [0.15, 0.2) is 42.5 Å². The summed E-state index contributed by atoms with van der Waals surface area (Å²) in [6.07, 6.45) is 5.86. The zero-order valence-corrected chi connectivity index (χ0v) is 21.6. The minimum atomic E-state index is -0.428. The SMILES string of the molecule is COCCCNC(=O)c1ccc2c(N)c(-c3ccc(NC(=O)O[C@H](C)C4CC4)cc3)n(C3CCC3)c2c1. The molecule has 8 heteroatoms. The molecule has 0 bridgehead atoms. The van der Waals surface area contributed by atoms with Gasteiger partial charge in [0.15, 0.2) is 0 Å². The van der Waals surface area contributed by atoms with Crippen molar-refractivity contribution in [1.82, 2.24) is 9.88 Å². The van der Waals surface area contributed by atoms with Crippen molar-refractivity contribution in [2.45, 2.75) is 57.6 Å². The molecule has 0 saturated heterocycles. The van der Waals surface area contributed by atoms with Gasteiger partial charge in [0.25, 0.3) is 5.91 Å². The van der Waals surface area contributed by atoms with Gasteiger partial charge in [-0.3, -0.25) is 10.1 Å². The molecule has 4 N–H and O–H groups in total. The van der Waals surface area contributed by atoms with Crippen LogP contribution in [0.5, 0.6) is 0 Å². The number of anilines is 2. The molecule has 5 rings (SSSR count). The lowest BCUT2D eigenvalue weighted by molar-refractivity contribution is 0.0948. The summed E-state index contributed by atoms with van der Waals surface area (Å²) in [5, 5.41) is 6.74. The maximum atomic E-state index is 12.8. The Kier molecular flexibility index (Phi) is 7.37. The van der Waals surface area contributed by atoms with Crippen LogP contribution in [0.4, 0.5) is 16.2 Å². The van der Waals surface area contributed by atoms with Crippen molar-refractivity contribution in [3.63, 3.8) is 0 Å². The van der Waals surface area contributed by atoms with Crippen molar-refractivity contribution in [2.24, 2.45) is 5.92 Å². The second-order valence-corrected chi connectivity index (χ2v) is 10.2. The van der Waals surface area contributed by atoms with Crippen LogP contribution in [-0.4, -0.2) is 42.9 Å². The van der Waals surface area contributed by atoms with Crippen molar-refractivity contribution in [2.75, 3.05) is 31.3 Å². The third-order valence-corrected chi connectivity index (χ3v) is 7.54. The molecule has 1 heterocycles. The number of aromatic nitrogens is 1. The van der Waals surface area contributed by atoms with E-state index < -0.39 is 6.09 Å². The molecule has 2 aliphatic carbocycles. The van der Waals surface area contributed by atoms with Gasteiger partial charge in [-0.15, -0.1) is 0 Å². The molecule has 196 valence electrons. The predicted molar refractivity (Wildman–Crippen MR) is 146 cm³/mol. The number of ether oxygens (including phenoxy) is 2. The molecule has 1 aromatic heterocycles. The lowest BCUT2D eigenvalue weighted by Crippen LogP contribution is -2.25. The zero-order valence-electron chi connectivity index (χ0n) is 21.6. The number of nitrogens with one attached hydrogen (secondary N) is 2. The van der Waals surface area contributed by atoms with Gasteiger partial charge in [0.2, 0.25) is 0 Å². The fraction of sp³-hybridized carbons (Fsp3) is 0.448. The number of methoxy groups -OCH3 is 1. The molecule has 1 atom stereocenters. The number of hydrogen-bond acceptors (Lipinski definition) is 5. The molecule has 2 aromatic carbocycles. The maximum absolute atomic E-state index is 12.8. The molecule has 37 heavy (non-hydrogen) atoms. The summed E-state index contributed by atoms with van der Waals surface area (Å²) in [5.74, 6) is 0.393. The second kappa shape index (κ2) is 10.8. The molecule has 0 unspecified atom stereocenters. The number of nitrogen functional groups attached to an aromatic ring is 1. The van der Waals surface area contributed by atoms with Gasteiger partial charge in [0.1, 0.15) is 6.10 Å². The molecule has 2 amide bonds. The quantitative estimate of drug-likeness (QED) is 0.306. The van der Waals surface area contributed by atoms with Crippen molar-refractivity contribution >= 4 is 34.3 Å². The van der Waals surface area contributed by atoms with E-state index in [1.165, 1.54) is 6.42 Å². The van der Waals surface area contributed by atoms with Gasteiger partial charge in [0.05, 0.1) is 16.9 Å². The molecule has 8 nitrogen and oxygen atoms in total. The van der Waals surface area contributed by atoms with E-state index in [4.69, 9.17) is 15.2 Å². The van der Waals surface area contributed by atoms with Crippen LogP contribution in [-0.2, 0) is 9.47 Å². The van der Waals surface area contributed by atoms with Crippen LogP contribution < -0.4 is 16.4 Å². The Hall–Kier alpha value is -3.52. The Morgan fingerprint density at radius 3 is 2.51 bits per heavy atom. The van der Waals surface area contributed by atoms with Gasteiger partial charge in [-0.05, 0) is 81.7 Å². The Labute approximate surface area is 217 Å². The van der Waals surface area contributed by atoms with Crippen LogP contribution in [0.2, 0.25) is 0 Å². The molecule has 2 saturated carbocycles. The number of nitrogens with two attached hydrogens (primary N) is 1. The number of amides is 2. The third-order valence-electron chi connectivity index (χ3n) is 7.54. The first kappa shape index (κ1) is 25.1. The van der Waals surface area contributed by atoms with E-state index in [0.29, 0.717) is 42.0 Å². The number of rotatable bonds is 10. The van der Waals surface area contributed by atoms with Crippen LogP contribution in [0.25, 0.3) is 22.2 Å². The summed E-state index contributed by atoms with van der Waals surface area (Å²) in [7, 11) is 1.65. The van der Waals surface area contributed by atoms with Crippen molar-refractivity contribution in [3.05, 3.63) is 48.0 Å². The number of nitrogens with zero attached hydrogens (tertiary/aromatic N) is 1. The van der Waals surface area contributed by atoms with Crippen molar-refractivity contribution in [1.29, 1.82) is 0 Å². The van der Waals surface area contributed by atoms with Crippen molar-refractivity contribution in [3.8, 4) is 11.3 Å². The summed E-state index contributed by atoms with van der Waals surface area (Å²) < 4.78 is 12.8. The van der Waals surface area contributed by atoms with Gasteiger partial charge >= 0.3 is 6.09 Å². The van der Waals surface area contributed by atoms with E-state index in [9.17, 15) is 9.59 Å². The molecule has 2 fully saturated rings. The second-order valence-electron chi connectivity index (χ2n) is 10.2. The number of benzene rings is 2. The van der Waals surface area contributed by atoms with Crippen LogP contribution >= 0.6 is 0 Å². The normalized spacial score (nSPS) is 16.3. The molecule has 3 aromatic rings. The van der Waals surface area contributed by atoms with Gasteiger partial charge in [0, 0.05) is 48.5 Å². The number of carbonyl (C=O) groups excluding carboxylic acids is 2. The maximum Gasteiger partial charge on any atom is 0.411 e. The summed E-state index contributed by atoms with van der Waals surface area (Å²) >= 11 is 0. The fourth-order valence-electron chi connectivity index (χ4n) is 5.01. The lowest BCUT2D eigenvalue weighted by Gasteiger charge is -2.30. The van der Waals surface area contributed by atoms with Gasteiger partial charge in [-0.25, -0.2) is 4.79 Å². The Bertz CT molecular complexity index is 1280. The van der Waals surface area contributed by atoms with Crippen LogP contribution in [0.1, 0.15) is 61.8 Å². The zero-order chi connectivity index (χ0) is 25.9. The summed E-state index contributed by atoms with van der Waals surface area (Å²) in [5.41, 5.74) is 11.6. The Balaban J connectivity index is 1.40. The molecular weight excluding hydrogens is 468 g/mol.